The van der Waals surface area contributed by atoms with Gasteiger partial charge in [-0.05, 0) is 17.7 Å². The molecule has 0 radical (unpaired) electrons. The molecule has 0 fully saturated rings. The zero-order valence-corrected chi connectivity index (χ0v) is 7.33. The van der Waals surface area contributed by atoms with Crippen LogP contribution in [0.4, 0.5) is 8.78 Å². The van der Waals surface area contributed by atoms with Crippen LogP contribution in [-0.2, 0) is 9.53 Å². The molecule has 3 nitrogen and oxygen atoms in total. The van der Waals surface area contributed by atoms with Crippen LogP contribution in [0.25, 0.3) is 0 Å². The van der Waals surface area contributed by atoms with Crippen molar-refractivity contribution in [1.82, 2.24) is 0 Å². The van der Waals surface area contributed by atoms with Crippen molar-refractivity contribution in [3.63, 3.8) is 0 Å². The van der Waals surface area contributed by atoms with E-state index in [4.69, 9.17) is 0 Å². The molecule has 0 aliphatic rings. The number of benzene rings is 1. The number of hydrogen-bond acceptors (Lipinski definition) is 3. The molecule has 5 heteroatoms. The van der Waals surface area contributed by atoms with Crippen molar-refractivity contribution in [1.29, 1.82) is 0 Å². The van der Waals surface area contributed by atoms with Gasteiger partial charge >= 0.3 is 5.97 Å². The summed E-state index contributed by atoms with van der Waals surface area (Å²) in [6.45, 7) is 0. The first-order valence-electron chi connectivity index (χ1n) is 3.76. The molecule has 0 bridgehead atoms. The van der Waals surface area contributed by atoms with Crippen molar-refractivity contribution >= 4 is 5.97 Å². The summed E-state index contributed by atoms with van der Waals surface area (Å²) in [6.07, 6.45) is -1.66. The second kappa shape index (κ2) is 4.15. The third kappa shape index (κ3) is 2.26. The molecule has 1 N–H and O–H groups in total. The highest BCUT2D eigenvalue weighted by Gasteiger charge is 2.19. The number of esters is 1. The minimum atomic E-state index is -1.66. The van der Waals surface area contributed by atoms with Crippen LogP contribution in [0.5, 0.6) is 0 Å². The molecular formula is C9H8F2O3. The summed E-state index contributed by atoms with van der Waals surface area (Å²) in [4.78, 5) is 10.8. The molecule has 14 heavy (non-hydrogen) atoms. The first-order valence-corrected chi connectivity index (χ1v) is 3.76. The van der Waals surface area contributed by atoms with Gasteiger partial charge in [0.15, 0.2) is 6.10 Å². The van der Waals surface area contributed by atoms with Crippen LogP contribution in [0.2, 0.25) is 0 Å². The van der Waals surface area contributed by atoms with Crippen LogP contribution in [0.3, 0.4) is 0 Å². The zero-order chi connectivity index (χ0) is 10.7. The second-order valence-corrected chi connectivity index (χ2v) is 2.63. The molecule has 0 unspecified atom stereocenters. The van der Waals surface area contributed by atoms with E-state index in [0.717, 1.165) is 19.2 Å². The van der Waals surface area contributed by atoms with Crippen molar-refractivity contribution < 1.29 is 23.4 Å². The SMILES string of the molecule is COC(=O)[C@H](O)c1cc(F)cc(F)c1. The number of carbonyl (C=O) groups is 1. The van der Waals surface area contributed by atoms with Crippen LogP contribution in [0.1, 0.15) is 11.7 Å². The van der Waals surface area contributed by atoms with E-state index in [1.54, 1.807) is 0 Å². The van der Waals surface area contributed by atoms with Gasteiger partial charge in [-0.15, -0.1) is 0 Å². The third-order valence-corrected chi connectivity index (χ3v) is 1.63. The molecule has 76 valence electrons. The van der Waals surface area contributed by atoms with Crippen molar-refractivity contribution in [3.05, 3.63) is 35.4 Å². The summed E-state index contributed by atoms with van der Waals surface area (Å²) >= 11 is 0. The van der Waals surface area contributed by atoms with E-state index in [2.05, 4.69) is 4.74 Å². The van der Waals surface area contributed by atoms with Crippen LogP contribution in [0, 0.1) is 11.6 Å². The molecule has 0 heterocycles. The van der Waals surface area contributed by atoms with Gasteiger partial charge in [-0.1, -0.05) is 0 Å². The minimum absolute atomic E-state index is 0.172. The van der Waals surface area contributed by atoms with Crippen molar-refractivity contribution in [2.75, 3.05) is 7.11 Å². The predicted molar refractivity (Wildman–Crippen MR) is 43.3 cm³/mol. The number of methoxy groups -OCH3 is 1. The predicted octanol–water partition coefficient (Wildman–Crippen LogP) is 1.17. The lowest BCUT2D eigenvalue weighted by atomic mass is 10.1. The van der Waals surface area contributed by atoms with Gasteiger partial charge in [0.2, 0.25) is 0 Å². The van der Waals surface area contributed by atoms with Crippen LogP contribution >= 0.6 is 0 Å². The Hall–Kier alpha value is -1.49. The molecule has 1 aromatic rings. The Morgan fingerprint density at radius 3 is 2.29 bits per heavy atom. The quantitative estimate of drug-likeness (QED) is 0.732. The van der Waals surface area contributed by atoms with Gasteiger partial charge < -0.3 is 9.84 Å². The lowest BCUT2D eigenvalue weighted by molar-refractivity contribution is -0.150. The number of aliphatic hydroxyl groups is 1. The number of hydrogen-bond donors (Lipinski definition) is 1. The first-order chi connectivity index (χ1) is 6.54. The summed E-state index contributed by atoms with van der Waals surface area (Å²) in [5, 5.41) is 9.23. The fraction of sp³-hybridized carbons (Fsp3) is 0.222. The molecular weight excluding hydrogens is 194 g/mol. The Morgan fingerprint density at radius 1 is 1.36 bits per heavy atom. The monoisotopic (exact) mass is 202 g/mol. The van der Waals surface area contributed by atoms with E-state index in [9.17, 15) is 18.7 Å². The summed E-state index contributed by atoms with van der Waals surface area (Å²) < 4.78 is 29.5. The highest BCUT2D eigenvalue weighted by Crippen LogP contribution is 2.17. The van der Waals surface area contributed by atoms with Gasteiger partial charge in [0.1, 0.15) is 11.6 Å². The molecule has 0 aliphatic heterocycles. The molecule has 1 rings (SSSR count). The van der Waals surface area contributed by atoms with E-state index in [0.29, 0.717) is 6.07 Å². The Morgan fingerprint density at radius 2 is 1.86 bits per heavy atom. The van der Waals surface area contributed by atoms with E-state index < -0.39 is 23.7 Å². The second-order valence-electron chi connectivity index (χ2n) is 2.63. The number of aliphatic hydroxyl groups excluding tert-OH is 1. The van der Waals surface area contributed by atoms with Crippen LogP contribution in [-0.4, -0.2) is 18.2 Å². The van der Waals surface area contributed by atoms with Crippen LogP contribution in [0.15, 0.2) is 18.2 Å². The average Bonchev–Trinajstić information content (AvgIpc) is 2.14. The van der Waals surface area contributed by atoms with Gasteiger partial charge in [0, 0.05) is 6.07 Å². The van der Waals surface area contributed by atoms with Gasteiger partial charge in [0.25, 0.3) is 0 Å². The maximum atomic E-state index is 12.7. The van der Waals surface area contributed by atoms with Crippen LogP contribution < -0.4 is 0 Å². The molecule has 1 atom stereocenters. The van der Waals surface area contributed by atoms with E-state index in [1.807, 2.05) is 0 Å². The molecule has 1 aromatic carbocycles. The van der Waals surface area contributed by atoms with Crippen molar-refractivity contribution in [2.45, 2.75) is 6.10 Å². The Balaban J connectivity index is 3.00. The van der Waals surface area contributed by atoms with E-state index >= 15 is 0 Å². The summed E-state index contributed by atoms with van der Waals surface area (Å²) in [5.74, 6) is -2.68. The van der Waals surface area contributed by atoms with E-state index in [1.165, 1.54) is 0 Å². The summed E-state index contributed by atoms with van der Waals surface area (Å²) in [7, 11) is 1.07. The first kappa shape index (κ1) is 10.6. The minimum Gasteiger partial charge on any atom is -0.467 e. The Bertz CT molecular complexity index is 332. The highest BCUT2D eigenvalue weighted by atomic mass is 19.1. The number of rotatable bonds is 2. The van der Waals surface area contributed by atoms with Gasteiger partial charge in [-0.25, -0.2) is 13.6 Å². The largest absolute Gasteiger partial charge is 0.467 e. The van der Waals surface area contributed by atoms with E-state index in [-0.39, 0.29) is 5.56 Å². The lowest BCUT2D eigenvalue weighted by Gasteiger charge is -2.08. The average molecular weight is 202 g/mol. The summed E-state index contributed by atoms with van der Waals surface area (Å²) in [6, 6.07) is 2.38. The number of ether oxygens (including phenoxy) is 1. The van der Waals surface area contributed by atoms with Gasteiger partial charge in [-0.2, -0.15) is 0 Å². The number of halogens is 2. The maximum Gasteiger partial charge on any atom is 0.339 e. The molecule has 0 aromatic heterocycles. The maximum absolute atomic E-state index is 12.7. The molecule has 0 saturated carbocycles. The Kier molecular flexibility index (Phi) is 3.14. The molecule has 0 spiro atoms. The topological polar surface area (TPSA) is 46.5 Å². The standard InChI is InChI=1S/C9H8F2O3/c1-14-9(13)8(12)5-2-6(10)4-7(11)3-5/h2-4,8,12H,1H3/t8-/m1/s1. The molecule has 0 aliphatic carbocycles. The lowest BCUT2D eigenvalue weighted by Crippen LogP contribution is -2.13. The zero-order valence-electron chi connectivity index (χ0n) is 7.33. The normalized spacial score (nSPS) is 12.3. The third-order valence-electron chi connectivity index (χ3n) is 1.63. The fourth-order valence-electron chi connectivity index (χ4n) is 0.981. The van der Waals surface area contributed by atoms with Crippen molar-refractivity contribution in [3.8, 4) is 0 Å². The molecule has 0 saturated heterocycles. The van der Waals surface area contributed by atoms with Crippen molar-refractivity contribution in [2.24, 2.45) is 0 Å². The number of carbonyl (C=O) groups excluding carboxylic acids is 1. The highest BCUT2D eigenvalue weighted by molar-refractivity contribution is 5.76. The Labute approximate surface area is 78.9 Å². The van der Waals surface area contributed by atoms with Gasteiger partial charge in [-0.3, -0.25) is 0 Å². The summed E-state index contributed by atoms with van der Waals surface area (Å²) in [5.41, 5.74) is -0.172. The van der Waals surface area contributed by atoms with Gasteiger partial charge in [0.05, 0.1) is 7.11 Å². The fourth-order valence-corrected chi connectivity index (χ4v) is 0.981. The smallest absolute Gasteiger partial charge is 0.339 e. The molecule has 0 amide bonds.